The van der Waals surface area contributed by atoms with Crippen LogP contribution in [0.4, 0.5) is 0 Å². The number of aromatic nitrogens is 1. The van der Waals surface area contributed by atoms with E-state index in [0.29, 0.717) is 18.7 Å². The molecule has 2 saturated heterocycles. The van der Waals surface area contributed by atoms with Crippen LogP contribution in [0.1, 0.15) is 43.0 Å². The highest BCUT2D eigenvalue weighted by molar-refractivity contribution is 5.93. The van der Waals surface area contributed by atoms with E-state index in [0.717, 1.165) is 32.2 Å². The maximum atomic E-state index is 12.1. The monoisotopic (exact) mass is 317 g/mol. The second kappa shape index (κ2) is 6.66. The first-order chi connectivity index (χ1) is 11.1. The lowest BCUT2D eigenvalue weighted by molar-refractivity contribution is -0.135. The number of pyridine rings is 1. The fraction of sp³-hybridized carbons (Fsp3) is 0.588. The molecule has 1 aromatic rings. The number of ether oxygens (including phenoxy) is 1. The van der Waals surface area contributed by atoms with Crippen LogP contribution in [0.5, 0.6) is 0 Å². The van der Waals surface area contributed by atoms with E-state index in [9.17, 15) is 9.59 Å². The summed E-state index contributed by atoms with van der Waals surface area (Å²) < 4.78 is 6.28. The van der Waals surface area contributed by atoms with E-state index in [1.54, 1.807) is 31.5 Å². The van der Waals surface area contributed by atoms with Gasteiger partial charge in [-0.1, -0.05) is 0 Å². The van der Waals surface area contributed by atoms with Gasteiger partial charge in [-0.15, -0.1) is 0 Å². The Labute approximate surface area is 136 Å². The molecular weight excluding hydrogens is 294 g/mol. The second-order valence-corrected chi connectivity index (χ2v) is 6.45. The maximum Gasteiger partial charge on any atom is 0.251 e. The zero-order valence-corrected chi connectivity index (χ0v) is 13.5. The molecule has 0 radical (unpaired) electrons. The number of rotatable bonds is 3. The topological polar surface area (TPSA) is 71.5 Å². The van der Waals surface area contributed by atoms with E-state index >= 15 is 0 Å². The third-order valence-electron chi connectivity index (χ3n) is 4.77. The first kappa shape index (κ1) is 15.9. The third kappa shape index (κ3) is 3.69. The smallest absolute Gasteiger partial charge is 0.251 e. The summed E-state index contributed by atoms with van der Waals surface area (Å²) in [4.78, 5) is 29.4. The van der Waals surface area contributed by atoms with Crippen LogP contribution in [0.2, 0.25) is 0 Å². The van der Waals surface area contributed by atoms with E-state index < -0.39 is 0 Å². The molecule has 0 aliphatic carbocycles. The molecule has 3 heterocycles. The van der Waals surface area contributed by atoms with Crippen molar-refractivity contribution in [2.45, 2.75) is 44.3 Å². The SMILES string of the molecule is CC(=O)N1CC[C@]2(CCC[C@@H](CNC(=O)c3ccncc3)O2)C1. The van der Waals surface area contributed by atoms with Crippen molar-refractivity contribution in [2.75, 3.05) is 19.6 Å². The van der Waals surface area contributed by atoms with Crippen LogP contribution in [-0.2, 0) is 9.53 Å². The number of nitrogens with zero attached hydrogens (tertiary/aromatic N) is 2. The van der Waals surface area contributed by atoms with Crippen LogP contribution < -0.4 is 5.32 Å². The van der Waals surface area contributed by atoms with Crippen molar-refractivity contribution < 1.29 is 14.3 Å². The molecule has 0 aromatic carbocycles. The summed E-state index contributed by atoms with van der Waals surface area (Å²) >= 11 is 0. The number of nitrogens with one attached hydrogen (secondary N) is 1. The maximum absolute atomic E-state index is 12.1. The number of amides is 2. The Hall–Kier alpha value is -1.95. The lowest BCUT2D eigenvalue weighted by Gasteiger charge is -2.38. The summed E-state index contributed by atoms with van der Waals surface area (Å²) in [5.74, 6) is 0.00555. The largest absolute Gasteiger partial charge is 0.368 e. The Morgan fingerprint density at radius 3 is 2.87 bits per heavy atom. The first-order valence-electron chi connectivity index (χ1n) is 8.20. The Balaban J connectivity index is 1.53. The highest BCUT2D eigenvalue weighted by Crippen LogP contribution is 2.36. The van der Waals surface area contributed by atoms with Crippen molar-refractivity contribution in [1.82, 2.24) is 15.2 Å². The van der Waals surface area contributed by atoms with Gasteiger partial charge < -0.3 is 15.0 Å². The molecule has 1 N–H and O–H groups in total. The minimum Gasteiger partial charge on any atom is -0.368 e. The van der Waals surface area contributed by atoms with Crippen LogP contribution in [0.25, 0.3) is 0 Å². The molecule has 2 amide bonds. The van der Waals surface area contributed by atoms with Crippen LogP contribution in [0.15, 0.2) is 24.5 Å². The Kier molecular flexibility index (Phi) is 4.61. The van der Waals surface area contributed by atoms with Crippen molar-refractivity contribution in [1.29, 1.82) is 0 Å². The van der Waals surface area contributed by atoms with Gasteiger partial charge in [-0.25, -0.2) is 0 Å². The minimum absolute atomic E-state index is 0.0152. The highest BCUT2D eigenvalue weighted by Gasteiger charge is 2.43. The van der Waals surface area contributed by atoms with Crippen LogP contribution in [0.3, 0.4) is 0 Å². The average Bonchev–Trinajstić information content (AvgIpc) is 2.97. The van der Waals surface area contributed by atoms with Gasteiger partial charge in [0.1, 0.15) is 0 Å². The molecule has 2 aliphatic heterocycles. The lowest BCUT2D eigenvalue weighted by atomic mass is 9.90. The predicted molar refractivity (Wildman–Crippen MR) is 84.9 cm³/mol. The molecule has 124 valence electrons. The second-order valence-electron chi connectivity index (χ2n) is 6.45. The quantitative estimate of drug-likeness (QED) is 0.914. The Bertz CT molecular complexity index is 578. The molecule has 3 rings (SSSR count). The van der Waals surface area contributed by atoms with Gasteiger partial charge in [0.25, 0.3) is 5.91 Å². The van der Waals surface area contributed by atoms with Crippen molar-refractivity contribution >= 4 is 11.8 Å². The molecule has 2 fully saturated rings. The summed E-state index contributed by atoms with van der Waals surface area (Å²) in [5, 5.41) is 2.94. The van der Waals surface area contributed by atoms with Gasteiger partial charge in [0.05, 0.1) is 11.7 Å². The lowest BCUT2D eigenvalue weighted by Crippen LogP contribution is -2.47. The van der Waals surface area contributed by atoms with Gasteiger partial charge in [0, 0.05) is 44.5 Å². The van der Waals surface area contributed by atoms with E-state index in [2.05, 4.69) is 10.3 Å². The van der Waals surface area contributed by atoms with Crippen LogP contribution in [-0.4, -0.2) is 53.0 Å². The molecule has 0 saturated carbocycles. The van der Waals surface area contributed by atoms with E-state index in [1.807, 2.05) is 4.90 Å². The summed E-state index contributed by atoms with van der Waals surface area (Å²) in [6, 6.07) is 3.39. The molecular formula is C17H23N3O3. The number of hydrogen-bond acceptors (Lipinski definition) is 4. The standard InChI is InChI=1S/C17H23N3O3/c1-13(21)20-10-7-17(12-20)6-2-3-15(23-17)11-19-16(22)14-4-8-18-9-5-14/h4-5,8-9,15H,2-3,6-7,10-12H2,1H3,(H,19,22)/t15-,17+/m0/s1. The summed E-state index contributed by atoms with van der Waals surface area (Å²) in [6.07, 6.45) is 7.13. The molecule has 2 atom stereocenters. The first-order valence-corrected chi connectivity index (χ1v) is 8.20. The van der Waals surface area contributed by atoms with Gasteiger partial charge in [-0.2, -0.15) is 0 Å². The molecule has 1 spiro atoms. The van der Waals surface area contributed by atoms with Crippen LogP contribution >= 0.6 is 0 Å². The molecule has 6 heteroatoms. The fourth-order valence-electron chi connectivity index (χ4n) is 3.49. The van der Waals surface area contributed by atoms with Crippen LogP contribution in [0, 0.1) is 0 Å². The predicted octanol–water partition coefficient (Wildman–Crippen LogP) is 1.37. The van der Waals surface area contributed by atoms with E-state index in [-0.39, 0.29) is 23.5 Å². The molecule has 2 aliphatic rings. The molecule has 1 aromatic heterocycles. The summed E-state index contributed by atoms with van der Waals surface area (Å²) in [6.45, 7) is 3.56. The number of carbonyl (C=O) groups is 2. The van der Waals surface area contributed by atoms with Gasteiger partial charge in [-0.3, -0.25) is 14.6 Å². The zero-order chi connectivity index (χ0) is 16.3. The van der Waals surface area contributed by atoms with Crippen molar-refractivity contribution in [3.8, 4) is 0 Å². The molecule has 6 nitrogen and oxygen atoms in total. The third-order valence-corrected chi connectivity index (χ3v) is 4.77. The van der Waals surface area contributed by atoms with Gasteiger partial charge in [0.15, 0.2) is 0 Å². The Morgan fingerprint density at radius 2 is 2.17 bits per heavy atom. The molecule has 0 bridgehead atoms. The van der Waals surface area contributed by atoms with Gasteiger partial charge >= 0.3 is 0 Å². The highest BCUT2D eigenvalue weighted by atomic mass is 16.5. The van der Waals surface area contributed by atoms with Crippen molar-refractivity contribution in [2.24, 2.45) is 0 Å². The fourth-order valence-corrected chi connectivity index (χ4v) is 3.49. The summed E-state index contributed by atoms with van der Waals surface area (Å²) in [5.41, 5.74) is 0.393. The van der Waals surface area contributed by atoms with Gasteiger partial charge in [0.2, 0.25) is 5.91 Å². The number of likely N-dealkylation sites (tertiary alicyclic amines) is 1. The van der Waals surface area contributed by atoms with Gasteiger partial charge in [-0.05, 0) is 37.8 Å². The van der Waals surface area contributed by atoms with E-state index in [1.165, 1.54) is 0 Å². The average molecular weight is 317 g/mol. The minimum atomic E-state index is -0.212. The molecule has 0 unspecified atom stereocenters. The number of hydrogen-bond donors (Lipinski definition) is 1. The number of carbonyl (C=O) groups excluding carboxylic acids is 2. The Morgan fingerprint density at radius 1 is 1.39 bits per heavy atom. The van der Waals surface area contributed by atoms with Crippen molar-refractivity contribution in [3.05, 3.63) is 30.1 Å². The van der Waals surface area contributed by atoms with Crippen molar-refractivity contribution in [3.63, 3.8) is 0 Å². The zero-order valence-electron chi connectivity index (χ0n) is 13.5. The molecule has 23 heavy (non-hydrogen) atoms. The summed E-state index contributed by atoms with van der Waals surface area (Å²) in [7, 11) is 0. The van der Waals surface area contributed by atoms with E-state index in [4.69, 9.17) is 4.74 Å². The normalized spacial score (nSPS) is 27.2.